The lowest BCUT2D eigenvalue weighted by Crippen LogP contribution is -2.43. The molecular weight excluding hydrogens is 250 g/mol. The number of aliphatic imine (C=N–C) groups is 1. The molecule has 1 aliphatic heterocycles. The van der Waals surface area contributed by atoms with Gasteiger partial charge in [0.2, 0.25) is 0 Å². The molecule has 0 aliphatic carbocycles. The van der Waals surface area contributed by atoms with Crippen LogP contribution in [0.4, 0.5) is 11.5 Å². The lowest BCUT2D eigenvalue weighted by Gasteiger charge is -2.30. The van der Waals surface area contributed by atoms with Gasteiger partial charge in [-0.1, -0.05) is 0 Å². The van der Waals surface area contributed by atoms with Crippen molar-refractivity contribution in [1.82, 2.24) is 9.88 Å². The summed E-state index contributed by atoms with van der Waals surface area (Å²) in [7, 11) is 0. The topological polar surface area (TPSA) is 118 Å². The summed E-state index contributed by atoms with van der Waals surface area (Å²) in [5.41, 5.74) is 5.76. The van der Waals surface area contributed by atoms with Gasteiger partial charge in [-0.2, -0.15) is 4.99 Å². The van der Waals surface area contributed by atoms with E-state index in [1.54, 1.807) is 0 Å². The maximum Gasteiger partial charge on any atom is 0.287 e. The van der Waals surface area contributed by atoms with Gasteiger partial charge in [-0.25, -0.2) is 4.98 Å². The number of nitrogens with zero attached hydrogens (tertiary/aromatic N) is 4. The van der Waals surface area contributed by atoms with Gasteiger partial charge in [0.15, 0.2) is 11.8 Å². The van der Waals surface area contributed by atoms with Gasteiger partial charge < -0.3 is 15.7 Å². The molecule has 0 unspecified atom stereocenters. The number of likely N-dealkylation sites (tertiary alicyclic amines) is 1. The highest BCUT2D eigenvalue weighted by Gasteiger charge is 2.18. The predicted molar refractivity (Wildman–Crippen MR) is 69.0 cm³/mol. The SMILES string of the molecule is NC(=Nc1ccc([N+](=O)[O-])cn1)N1CCC(O)CC1. The number of hydrogen-bond acceptors (Lipinski definition) is 5. The number of aromatic nitrogens is 1. The van der Waals surface area contributed by atoms with Gasteiger partial charge in [0.25, 0.3) is 5.69 Å². The van der Waals surface area contributed by atoms with E-state index in [9.17, 15) is 15.2 Å². The van der Waals surface area contributed by atoms with Crippen molar-refractivity contribution in [2.24, 2.45) is 10.7 Å². The highest BCUT2D eigenvalue weighted by atomic mass is 16.6. The van der Waals surface area contributed by atoms with Crippen molar-refractivity contribution in [2.75, 3.05) is 13.1 Å². The molecular formula is C11H15N5O3. The van der Waals surface area contributed by atoms with E-state index >= 15 is 0 Å². The minimum absolute atomic E-state index is 0.0846. The van der Waals surface area contributed by atoms with Crippen LogP contribution in [0.15, 0.2) is 23.3 Å². The molecule has 8 heteroatoms. The Hall–Kier alpha value is -2.22. The average Bonchev–Trinajstić information content (AvgIpc) is 2.40. The Bertz CT molecular complexity index is 480. The molecule has 0 bridgehead atoms. The third-order valence-corrected chi connectivity index (χ3v) is 2.96. The number of aliphatic hydroxyl groups is 1. The number of rotatable bonds is 2. The zero-order valence-corrected chi connectivity index (χ0v) is 10.3. The molecule has 102 valence electrons. The molecule has 1 fully saturated rings. The molecule has 2 heterocycles. The van der Waals surface area contributed by atoms with Crippen molar-refractivity contribution in [3.8, 4) is 0 Å². The molecule has 1 aromatic heterocycles. The van der Waals surface area contributed by atoms with Crippen LogP contribution in [0.5, 0.6) is 0 Å². The van der Waals surface area contributed by atoms with Crippen molar-refractivity contribution in [3.63, 3.8) is 0 Å². The van der Waals surface area contributed by atoms with Crippen LogP contribution in [-0.4, -0.2) is 45.1 Å². The molecule has 0 saturated carbocycles. The van der Waals surface area contributed by atoms with Crippen molar-refractivity contribution >= 4 is 17.5 Å². The molecule has 1 aromatic rings. The van der Waals surface area contributed by atoms with E-state index < -0.39 is 4.92 Å². The summed E-state index contributed by atoms with van der Waals surface area (Å²) in [6.07, 6.45) is 2.18. The molecule has 1 aliphatic rings. The lowest BCUT2D eigenvalue weighted by atomic mass is 10.1. The average molecular weight is 265 g/mol. The summed E-state index contributed by atoms with van der Waals surface area (Å²) < 4.78 is 0. The van der Waals surface area contributed by atoms with E-state index in [0.717, 1.165) is 6.20 Å². The highest BCUT2D eigenvalue weighted by molar-refractivity contribution is 5.80. The highest BCUT2D eigenvalue weighted by Crippen LogP contribution is 2.15. The number of piperidine rings is 1. The van der Waals surface area contributed by atoms with Crippen LogP contribution < -0.4 is 5.73 Å². The van der Waals surface area contributed by atoms with Crippen LogP contribution in [0.1, 0.15) is 12.8 Å². The maximum atomic E-state index is 10.5. The molecule has 19 heavy (non-hydrogen) atoms. The Morgan fingerprint density at radius 1 is 1.53 bits per heavy atom. The Labute approximate surface area is 109 Å². The Kier molecular flexibility index (Phi) is 3.91. The summed E-state index contributed by atoms with van der Waals surface area (Å²) in [6, 6.07) is 2.78. The van der Waals surface area contributed by atoms with E-state index in [-0.39, 0.29) is 11.8 Å². The normalized spacial score (nSPS) is 17.5. The van der Waals surface area contributed by atoms with Crippen LogP contribution in [0.25, 0.3) is 0 Å². The number of nitro groups is 1. The van der Waals surface area contributed by atoms with Gasteiger partial charge in [0.1, 0.15) is 6.20 Å². The molecule has 8 nitrogen and oxygen atoms in total. The Balaban J connectivity index is 2.05. The number of hydrogen-bond donors (Lipinski definition) is 2. The first-order valence-electron chi connectivity index (χ1n) is 5.94. The molecule has 1 saturated heterocycles. The van der Waals surface area contributed by atoms with Crippen molar-refractivity contribution in [2.45, 2.75) is 18.9 Å². The second-order valence-electron chi connectivity index (χ2n) is 4.32. The third-order valence-electron chi connectivity index (χ3n) is 2.96. The van der Waals surface area contributed by atoms with E-state index in [1.807, 2.05) is 4.90 Å². The second-order valence-corrected chi connectivity index (χ2v) is 4.32. The molecule has 2 rings (SSSR count). The van der Waals surface area contributed by atoms with E-state index in [1.165, 1.54) is 12.1 Å². The van der Waals surface area contributed by atoms with Gasteiger partial charge in [-0.05, 0) is 18.9 Å². The lowest BCUT2D eigenvalue weighted by molar-refractivity contribution is -0.385. The van der Waals surface area contributed by atoms with Crippen LogP contribution >= 0.6 is 0 Å². The monoisotopic (exact) mass is 265 g/mol. The molecule has 0 atom stereocenters. The maximum absolute atomic E-state index is 10.5. The predicted octanol–water partition coefficient (Wildman–Crippen LogP) is 0.393. The van der Waals surface area contributed by atoms with Gasteiger partial charge >= 0.3 is 0 Å². The van der Waals surface area contributed by atoms with E-state index in [0.29, 0.717) is 37.7 Å². The summed E-state index contributed by atoms with van der Waals surface area (Å²) in [4.78, 5) is 19.8. The summed E-state index contributed by atoms with van der Waals surface area (Å²) in [5.74, 6) is 0.641. The van der Waals surface area contributed by atoms with Crippen molar-refractivity contribution in [3.05, 3.63) is 28.4 Å². The fourth-order valence-electron chi connectivity index (χ4n) is 1.84. The Morgan fingerprint density at radius 2 is 2.21 bits per heavy atom. The summed E-state index contributed by atoms with van der Waals surface area (Å²) >= 11 is 0. The number of pyridine rings is 1. The molecule has 3 N–H and O–H groups in total. The van der Waals surface area contributed by atoms with E-state index in [4.69, 9.17) is 5.73 Å². The number of aliphatic hydroxyl groups excluding tert-OH is 1. The first kappa shape index (κ1) is 13.2. The molecule has 0 aromatic carbocycles. The van der Waals surface area contributed by atoms with Crippen LogP contribution in [-0.2, 0) is 0 Å². The molecule has 0 spiro atoms. The van der Waals surface area contributed by atoms with Gasteiger partial charge in [-0.3, -0.25) is 10.1 Å². The standard InChI is InChI=1S/C11H15N5O3/c12-11(15-5-3-9(17)4-6-15)14-10-2-1-8(7-13-10)16(18)19/h1-2,7,9,17H,3-6H2,(H2,12,13,14). The van der Waals surface area contributed by atoms with E-state index in [2.05, 4.69) is 9.98 Å². The van der Waals surface area contributed by atoms with Gasteiger partial charge in [-0.15, -0.1) is 0 Å². The molecule has 0 amide bonds. The van der Waals surface area contributed by atoms with Gasteiger partial charge in [0, 0.05) is 19.2 Å². The van der Waals surface area contributed by atoms with Crippen molar-refractivity contribution in [1.29, 1.82) is 0 Å². The first-order chi connectivity index (χ1) is 9.06. The van der Waals surface area contributed by atoms with Crippen LogP contribution in [0, 0.1) is 10.1 Å². The smallest absolute Gasteiger partial charge is 0.287 e. The van der Waals surface area contributed by atoms with Gasteiger partial charge in [0.05, 0.1) is 11.0 Å². The fraction of sp³-hybridized carbons (Fsp3) is 0.455. The van der Waals surface area contributed by atoms with Crippen LogP contribution in [0.3, 0.4) is 0 Å². The summed E-state index contributed by atoms with van der Waals surface area (Å²) in [5, 5.41) is 19.9. The fourth-order valence-corrected chi connectivity index (χ4v) is 1.84. The minimum atomic E-state index is -0.518. The number of nitrogens with two attached hydrogens (primary N) is 1. The molecule has 0 radical (unpaired) electrons. The Morgan fingerprint density at radius 3 is 2.74 bits per heavy atom. The minimum Gasteiger partial charge on any atom is -0.393 e. The zero-order valence-electron chi connectivity index (χ0n) is 10.3. The second kappa shape index (κ2) is 5.61. The first-order valence-corrected chi connectivity index (χ1v) is 5.94. The summed E-state index contributed by atoms with van der Waals surface area (Å²) in [6.45, 7) is 1.28. The zero-order chi connectivity index (χ0) is 13.8. The number of guanidine groups is 1. The third kappa shape index (κ3) is 3.38. The van der Waals surface area contributed by atoms with Crippen LogP contribution in [0.2, 0.25) is 0 Å². The van der Waals surface area contributed by atoms with Crippen molar-refractivity contribution < 1.29 is 10.0 Å². The quantitative estimate of drug-likeness (QED) is 0.345. The largest absolute Gasteiger partial charge is 0.393 e.